The zero-order chi connectivity index (χ0) is 13.7. The van der Waals surface area contributed by atoms with Crippen LogP contribution in [0.3, 0.4) is 0 Å². The van der Waals surface area contributed by atoms with E-state index in [-0.39, 0.29) is 0 Å². The molecule has 0 aliphatic carbocycles. The van der Waals surface area contributed by atoms with Crippen molar-refractivity contribution < 1.29 is 30.2 Å². The predicted molar refractivity (Wildman–Crippen MR) is 58.3 cm³/mol. The zero-order valence-corrected chi connectivity index (χ0v) is 9.90. The van der Waals surface area contributed by atoms with Crippen molar-refractivity contribution in [2.75, 3.05) is 13.1 Å². The SMILES string of the molecule is O=C(O)[C@@H]1CCCN1O.O=C(O)[C@@H]1CCCN1O. The average Bonchev–Trinajstić information content (AvgIpc) is 2.87. The molecule has 2 aliphatic heterocycles. The highest BCUT2D eigenvalue weighted by Crippen LogP contribution is 2.14. The summed E-state index contributed by atoms with van der Waals surface area (Å²) >= 11 is 0. The van der Waals surface area contributed by atoms with Crippen LogP contribution in [-0.4, -0.2) is 67.9 Å². The number of hydrogen-bond acceptors (Lipinski definition) is 6. The Morgan fingerprint density at radius 1 is 0.833 bits per heavy atom. The fraction of sp³-hybridized carbons (Fsp3) is 0.800. The van der Waals surface area contributed by atoms with E-state index in [1.807, 2.05) is 0 Å². The van der Waals surface area contributed by atoms with E-state index in [9.17, 15) is 9.59 Å². The maximum Gasteiger partial charge on any atom is 0.323 e. The Balaban J connectivity index is 0.000000180. The molecule has 18 heavy (non-hydrogen) atoms. The Morgan fingerprint density at radius 3 is 1.28 bits per heavy atom. The average molecular weight is 262 g/mol. The van der Waals surface area contributed by atoms with Gasteiger partial charge in [0.05, 0.1) is 0 Å². The molecule has 8 heteroatoms. The van der Waals surface area contributed by atoms with Crippen molar-refractivity contribution in [2.24, 2.45) is 0 Å². The van der Waals surface area contributed by atoms with Gasteiger partial charge >= 0.3 is 11.9 Å². The van der Waals surface area contributed by atoms with Gasteiger partial charge in [0.2, 0.25) is 0 Å². The Labute approximate surface area is 104 Å². The van der Waals surface area contributed by atoms with Crippen molar-refractivity contribution in [3.8, 4) is 0 Å². The summed E-state index contributed by atoms with van der Waals surface area (Å²) in [4.78, 5) is 20.4. The summed E-state index contributed by atoms with van der Waals surface area (Å²) in [6.07, 6.45) is 2.67. The zero-order valence-electron chi connectivity index (χ0n) is 9.90. The second-order valence-electron chi connectivity index (χ2n) is 4.32. The molecular formula is C10H18N2O6. The van der Waals surface area contributed by atoms with E-state index < -0.39 is 24.0 Å². The number of rotatable bonds is 2. The molecule has 2 atom stereocenters. The molecule has 2 fully saturated rings. The largest absolute Gasteiger partial charge is 0.480 e. The van der Waals surface area contributed by atoms with Crippen LogP contribution in [0.5, 0.6) is 0 Å². The maximum atomic E-state index is 10.2. The lowest BCUT2D eigenvalue weighted by atomic mass is 10.2. The number of hydroxylamine groups is 4. The van der Waals surface area contributed by atoms with E-state index in [1.54, 1.807) is 0 Å². The number of nitrogens with zero attached hydrogens (tertiary/aromatic N) is 2. The third-order valence-electron chi connectivity index (χ3n) is 3.02. The van der Waals surface area contributed by atoms with E-state index >= 15 is 0 Å². The molecule has 4 N–H and O–H groups in total. The van der Waals surface area contributed by atoms with Crippen molar-refractivity contribution >= 4 is 11.9 Å². The van der Waals surface area contributed by atoms with Gasteiger partial charge in [0.25, 0.3) is 0 Å². The summed E-state index contributed by atoms with van der Waals surface area (Å²) in [5, 5.41) is 36.1. The Kier molecular flexibility index (Phi) is 5.48. The van der Waals surface area contributed by atoms with Gasteiger partial charge in [-0.25, -0.2) is 0 Å². The highest BCUT2D eigenvalue weighted by molar-refractivity contribution is 5.73. The normalized spacial score (nSPS) is 28.8. The summed E-state index contributed by atoms with van der Waals surface area (Å²) in [7, 11) is 0. The van der Waals surface area contributed by atoms with Crippen LogP contribution >= 0.6 is 0 Å². The third-order valence-corrected chi connectivity index (χ3v) is 3.02. The van der Waals surface area contributed by atoms with Gasteiger partial charge in [0.1, 0.15) is 12.1 Å². The van der Waals surface area contributed by atoms with Crippen LogP contribution in [-0.2, 0) is 9.59 Å². The van der Waals surface area contributed by atoms with Crippen molar-refractivity contribution in [2.45, 2.75) is 37.8 Å². The molecule has 0 aromatic heterocycles. The number of carbonyl (C=O) groups is 2. The summed E-state index contributed by atoms with van der Waals surface area (Å²) in [6, 6.07) is -1.32. The quantitative estimate of drug-likeness (QED) is 0.542. The molecule has 0 aromatic rings. The van der Waals surface area contributed by atoms with Crippen molar-refractivity contribution in [3.63, 3.8) is 0 Å². The fourth-order valence-corrected chi connectivity index (χ4v) is 2.00. The third kappa shape index (κ3) is 3.91. The first-order chi connectivity index (χ1) is 8.43. The molecule has 104 valence electrons. The van der Waals surface area contributed by atoms with Crippen LogP contribution in [0.15, 0.2) is 0 Å². The first kappa shape index (κ1) is 14.8. The molecule has 0 saturated carbocycles. The summed E-state index contributed by atoms with van der Waals surface area (Å²) in [5.74, 6) is -1.87. The molecule has 0 aromatic carbocycles. The van der Waals surface area contributed by atoms with Gasteiger partial charge < -0.3 is 20.6 Å². The Morgan fingerprint density at radius 2 is 1.17 bits per heavy atom. The van der Waals surface area contributed by atoms with Gasteiger partial charge in [-0.2, -0.15) is 10.1 Å². The predicted octanol–water partition coefficient (Wildman–Crippen LogP) is -0.151. The minimum absolute atomic E-state index is 0.483. The van der Waals surface area contributed by atoms with Crippen LogP contribution in [0.2, 0.25) is 0 Å². The topological polar surface area (TPSA) is 122 Å². The molecule has 0 bridgehead atoms. The molecule has 2 saturated heterocycles. The lowest BCUT2D eigenvalue weighted by Crippen LogP contribution is -2.32. The Bertz CT molecular complexity index is 281. The number of aliphatic carboxylic acids is 2. The number of carboxylic acids is 2. The van der Waals surface area contributed by atoms with Crippen molar-refractivity contribution in [3.05, 3.63) is 0 Å². The van der Waals surface area contributed by atoms with Gasteiger partial charge in [0.15, 0.2) is 0 Å². The number of hydrogen-bond donors (Lipinski definition) is 4. The standard InChI is InChI=1S/2C5H9NO3/c2*7-5(8)4-2-1-3-6(4)9/h2*4,9H,1-3H2,(H,7,8)/t2*4-/m00/s1. The minimum Gasteiger partial charge on any atom is -0.480 e. The van der Waals surface area contributed by atoms with Gasteiger partial charge in [0, 0.05) is 13.1 Å². The lowest BCUT2D eigenvalue weighted by Gasteiger charge is -2.11. The van der Waals surface area contributed by atoms with Gasteiger partial charge in [-0.3, -0.25) is 9.59 Å². The lowest BCUT2D eigenvalue weighted by molar-refractivity contribution is -0.162. The molecule has 2 heterocycles. The molecule has 0 radical (unpaired) electrons. The van der Waals surface area contributed by atoms with Crippen LogP contribution in [0, 0.1) is 0 Å². The number of carboxylic acid groups (broad SMARTS) is 2. The smallest absolute Gasteiger partial charge is 0.323 e. The molecular weight excluding hydrogens is 244 g/mol. The van der Waals surface area contributed by atoms with Gasteiger partial charge in [-0.15, -0.1) is 0 Å². The molecule has 2 aliphatic rings. The van der Waals surface area contributed by atoms with Crippen LogP contribution < -0.4 is 0 Å². The van der Waals surface area contributed by atoms with E-state index in [2.05, 4.69) is 0 Å². The first-order valence-corrected chi connectivity index (χ1v) is 5.80. The van der Waals surface area contributed by atoms with Crippen LogP contribution in [0.25, 0.3) is 0 Å². The molecule has 8 nitrogen and oxygen atoms in total. The molecule has 2 rings (SSSR count). The van der Waals surface area contributed by atoms with E-state index in [1.165, 1.54) is 0 Å². The monoisotopic (exact) mass is 262 g/mol. The van der Waals surface area contributed by atoms with Crippen molar-refractivity contribution in [1.29, 1.82) is 0 Å². The van der Waals surface area contributed by atoms with E-state index in [0.29, 0.717) is 25.9 Å². The molecule has 0 spiro atoms. The highest BCUT2D eigenvalue weighted by Gasteiger charge is 2.29. The van der Waals surface area contributed by atoms with E-state index in [4.69, 9.17) is 20.6 Å². The highest BCUT2D eigenvalue weighted by atomic mass is 16.5. The second-order valence-corrected chi connectivity index (χ2v) is 4.32. The Hall–Kier alpha value is -1.22. The molecule has 0 unspecified atom stereocenters. The van der Waals surface area contributed by atoms with Crippen LogP contribution in [0.1, 0.15) is 25.7 Å². The second kappa shape index (κ2) is 6.64. The van der Waals surface area contributed by atoms with Crippen LogP contribution in [0.4, 0.5) is 0 Å². The fourth-order valence-electron chi connectivity index (χ4n) is 2.00. The summed E-state index contributed by atoms with van der Waals surface area (Å²) < 4.78 is 0. The van der Waals surface area contributed by atoms with Crippen molar-refractivity contribution in [1.82, 2.24) is 10.1 Å². The first-order valence-electron chi connectivity index (χ1n) is 5.80. The van der Waals surface area contributed by atoms with Gasteiger partial charge in [-0.05, 0) is 25.7 Å². The minimum atomic E-state index is -0.935. The summed E-state index contributed by atoms with van der Waals surface area (Å²) in [6.45, 7) is 0.966. The summed E-state index contributed by atoms with van der Waals surface area (Å²) in [5.41, 5.74) is 0. The van der Waals surface area contributed by atoms with E-state index in [0.717, 1.165) is 23.0 Å². The van der Waals surface area contributed by atoms with Gasteiger partial charge in [-0.1, -0.05) is 0 Å². The molecule has 0 amide bonds. The maximum absolute atomic E-state index is 10.2.